The monoisotopic (exact) mass is 479 g/mol. The van der Waals surface area contributed by atoms with E-state index in [-0.39, 0.29) is 18.2 Å². The van der Waals surface area contributed by atoms with Crippen molar-refractivity contribution in [3.8, 4) is 5.75 Å². The lowest BCUT2D eigenvalue weighted by Gasteiger charge is -2.27. The van der Waals surface area contributed by atoms with Crippen molar-refractivity contribution in [3.05, 3.63) is 72.1 Å². The molecule has 0 aliphatic carbocycles. The molecule has 3 rings (SSSR count). The van der Waals surface area contributed by atoms with E-state index in [9.17, 15) is 14.4 Å². The molecule has 187 valence electrons. The molecule has 4 N–H and O–H groups in total. The quantitative estimate of drug-likeness (QED) is 0.455. The summed E-state index contributed by atoms with van der Waals surface area (Å²) < 4.78 is 5.85. The van der Waals surface area contributed by atoms with E-state index in [2.05, 4.69) is 10.6 Å². The lowest BCUT2D eigenvalue weighted by Crippen LogP contribution is -2.50. The third kappa shape index (κ3) is 8.72. The van der Waals surface area contributed by atoms with Crippen LogP contribution in [0.1, 0.15) is 30.9 Å². The van der Waals surface area contributed by atoms with E-state index in [4.69, 9.17) is 10.5 Å². The van der Waals surface area contributed by atoms with Crippen molar-refractivity contribution in [1.29, 1.82) is 0 Å². The number of hydrogen-bond donors (Lipinski definition) is 3. The Morgan fingerprint density at radius 3 is 2.51 bits per heavy atom. The SMILES string of the molecule is CC(C[CH]C(=O)NC(Cc1ccc(OCc2ccccc2)cc1)C(=O)N1CCCNCC1)C(N)=O. The van der Waals surface area contributed by atoms with Gasteiger partial charge in [0.1, 0.15) is 18.4 Å². The Morgan fingerprint density at radius 1 is 1.06 bits per heavy atom. The van der Waals surface area contributed by atoms with Crippen LogP contribution in [0.25, 0.3) is 0 Å². The van der Waals surface area contributed by atoms with Gasteiger partial charge in [-0.05, 0) is 42.6 Å². The number of amides is 3. The standard InChI is InChI=1S/C27H35N4O4/c1-20(26(28)33)8-13-25(32)30-24(27(34)31-16-5-14-29-15-17-31)18-21-9-11-23(12-10-21)35-19-22-6-3-2-4-7-22/h2-4,6-7,9-13,20,24,29H,5,8,14-19H2,1H3,(H2,28,33)(H,30,32). The summed E-state index contributed by atoms with van der Waals surface area (Å²) in [6, 6.07) is 16.8. The van der Waals surface area contributed by atoms with Crippen LogP contribution in [0, 0.1) is 12.3 Å². The van der Waals surface area contributed by atoms with E-state index >= 15 is 0 Å². The van der Waals surface area contributed by atoms with E-state index in [0.29, 0.717) is 26.1 Å². The molecule has 0 bridgehead atoms. The number of ether oxygens (including phenoxy) is 1. The number of carbonyl (C=O) groups excluding carboxylic acids is 3. The van der Waals surface area contributed by atoms with Crippen molar-refractivity contribution in [1.82, 2.24) is 15.5 Å². The lowest BCUT2D eigenvalue weighted by atomic mass is 10.0. The number of nitrogens with two attached hydrogens (primary N) is 1. The van der Waals surface area contributed by atoms with Gasteiger partial charge in [-0.15, -0.1) is 0 Å². The maximum absolute atomic E-state index is 13.3. The van der Waals surface area contributed by atoms with Gasteiger partial charge in [-0.25, -0.2) is 0 Å². The summed E-state index contributed by atoms with van der Waals surface area (Å²) in [5, 5.41) is 6.14. The molecule has 1 saturated heterocycles. The summed E-state index contributed by atoms with van der Waals surface area (Å²) in [6.07, 6.45) is 2.83. The minimum absolute atomic E-state index is 0.109. The van der Waals surface area contributed by atoms with Crippen LogP contribution in [-0.2, 0) is 27.4 Å². The first-order chi connectivity index (χ1) is 16.9. The molecule has 2 atom stereocenters. The maximum Gasteiger partial charge on any atom is 0.245 e. The topological polar surface area (TPSA) is 114 Å². The largest absolute Gasteiger partial charge is 0.489 e. The highest BCUT2D eigenvalue weighted by Gasteiger charge is 2.27. The molecule has 0 spiro atoms. The van der Waals surface area contributed by atoms with Gasteiger partial charge in [-0.3, -0.25) is 14.4 Å². The molecule has 8 heteroatoms. The smallest absolute Gasteiger partial charge is 0.245 e. The second kappa shape index (κ2) is 13.5. The molecule has 8 nitrogen and oxygen atoms in total. The van der Waals surface area contributed by atoms with Gasteiger partial charge in [-0.2, -0.15) is 0 Å². The number of benzene rings is 2. The van der Waals surface area contributed by atoms with Gasteiger partial charge >= 0.3 is 0 Å². The number of primary amides is 1. The zero-order valence-corrected chi connectivity index (χ0v) is 20.2. The number of hydrogen-bond acceptors (Lipinski definition) is 5. The van der Waals surface area contributed by atoms with E-state index in [1.807, 2.05) is 54.6 Å². The van der Waals surface area contributed by atoms with E-state index in [0.717, 1.165) is 36.4 Å². The van der Waals surface area contributed by atoms with Gasteiger partial charge < -0.3 is 26.0 Å². The average molecular weight is 480 g/mol. The van der Waals surface area contributed by atoms with E-state index in [1.54, 1.807) is 11.8 Å². The van der Waals surface area contributed by atoms with Gasteiger partial charge in [0.05, 0.1) is 6.42 Å². The van der Waals surface area contributed by atoms with Crippen molar-refractivity contribution in [2.45, 2.75) is 38.8 Å². The molecule has 1 aliphatic heterocycles. The molecule has 2 aromatic carbocycles. The van der Waals surface area contributed by atoms with Crippen LogP contribution < -0.4 is 21.1 Å². The molecular formula is C27H35N4O4. The van der Waals surface area contributed by atoms with Crippen molar-refractivity contribution in [3.63, 3.8) is 0 Å². The number of nitrogens with zero attached hydrogens (tertiary/aromatic N) is 1. The molecule has 0 aromatic heterocycles. The van der Waals surface area contributed by atoms with Crippen molar-refractivity contribution >= 4 is 17.7 Å². The Kier molecular flexibility index (Phi) is 10.1. The zero-order chi connectivity index (χ0) is 25.0. The molecule has 3 amide bonds. The van der Waals surface area contributed by atoms with Crippen LogP contribution in [0.3, 0.4) is 0 Å². The van der Waals surface area contributed by atoms with Crippen molar-refractivity contribution in [2.24, 2.45) is 11.7 Å². The van der Waals surface area contributed by atoms with Crippen molar-refractivity contribution in [2.75, 3.05) is 26.2 Å². The fourth-order valence-corrected chi connectivity index (χ4v) is 3.82. The molecule has 1 fully saturated rings. The summed E-state index contributed by atoms with van der Waals surface area (Å²) in [5.74, 6) is -0.671. The Hall–Kier alpha value is -3.39. The third-order valence-electron chi connectivity index (χ3n) is 6.02. The van der Waals surface area contributed by atoms with Crippen LogP contribution in [0.15, 0.2) is 54.6 Å². The van der Waals surface area contributed by atoms with Crippen LogP contribution in [0.2, 0.25) is 0 Å². The molecular weight excluding hydrogens is 444 g/mol. The minimum atomic E-state index is -0.711. The van der Waals surface area contributed by atoms with Gasteiger partial charge in [0, 0.05) is 32.0 Å². The minimum Gasteiger partial charge on any atom is -0.489 e. The first kappa shape index (κ1) is 26.2. The van der Waals surface area contributed by atoms with Gasteiger partial charge in [-0.1, -0.05) is 49.4 Å². The van der Waals surface area contributed by atoms with Crippen LogP contribution in [-0.4, -0.2) is 54.8 Å². The second-order valence-electron chi connectivity index (χ2n) is 8.86. The molecule has 2 unspecified atom stereocenters. The predicted octanol–water partition coefficient (Wildman–Crippen LogP) is 1.83. The molecule has 0 saturated carbocycles. The normalized spacial score (nSPS) is 15.5. The first-order valence-electron chi connectivity index (χ1n) is 12.1. The summed E-state index contributed by atoms with van der Waals surface area (Å²) in [7, 11) is 0. The average Bonchev–Trinajstić information content (AvgIpc) is 3.16. The Bertz CT molecular complexity index is 957. The number of rotatable bonds is 11. The summed E-state index contributed by atoms with van der Waals surface area (Å²) >= 11 is 0. The van der Waals surface area contributed by atoms with E-state index < -0.39 is 17.9 Å². The summed E-state index contributed by atoms with van der Waals surface area (Å²) in [4.78, 5) is 39.0. The number of nitrogens with one attached hydrogen (secondary N) is 2. The fourth-order valence-electron chi connectivity index (χ4n) is 3.82. The highest BCUT2D eigenvalue weighted by Crippen LogP contribution is 2.16. The molecule has 1 heterocycles. The maximum atomic E-state index is 13.3. The highest BCUT2D eigenvalue weighted by molar-refractivity contribution is 5.92. The van der Waals surface area contributed by atoms with E-state index in [1.165, 1.54) is 6.42 Å². The van der Waals surface area contributed by atoms with Gasteiger partial charge in [0.15, 0.2) is 0 Å². The Morgan fingerprint density at radius 2 is 1.80 bits per heavy atom. The summed E-state index contributed by atoms with van der Waals surface area (Å²) in [5.41, 5.74) is 7.28. The molecule has 1 aliphatic rings. The lowest BCUT2D eigenvalue weighted by molar-refractivity contribution is -0.135. The van der Waals surface area contributed by atoms with Crippen LogP contribution in [0.4, 0.5) is 0 Å². The Labute approximate surface area is 207 Å². The van der Waals surface area contributed by atoms with Crippen LogP contribution in [0.5, 0.6) is 5.75 Å². The highest BCUT2D eigenvalue weighted by atomic mass is 16.5. The zero-order valence-electron chi connectivity index (χ0n) is 20.2. The predicted molar refractivity (Wildman–Crippen MR) is 134 cm³/mol. The van der Waals surface area contributed by atoms with Crippen molar-refractivity contribution < 1.29 is 19.1 Å². The summed E-state index contributed by atoms with van der Waals surface area (Å²) in [6.45, 7) is 4.97. The molecule has 2 aromatic rings. The molecule has 1 radical (unpaired) electrons. The van der Waals surface area contributed by atoms with Gasteiger partial charge in [0.2, 0.25) is 17.7 Å². The third-order valence-corrected chi connectivity index (χ3v) is 6.02. The first-order valence-corrected chi connectivity index (χ1v) is 12.1. The number of carbonyl (C=O) groups is 3. The molecule has 35 heavy (non-hydrogen) atoms. The fraction of sp³-hybridized carbons (Fsp3) is 0.407. The Balaban J connectivity index is 1.63. The van der Waals surface area contributed by atoms with Crippen LogP contribution >= 0.6 is 0 Å². The second-order valence-corrected chi connectivity index (χ2v) is 8.86. The van der Waals surface area contributed by atoms with Gasteiger partial charge in [0.25, 0.3) is 0 Å².